The van der Waals surface area contributed by atoms with Crippen LogP contribution in [0.1, 0.15) is 19.3 Å². The van der Waals surface area contributed by atoms with Crippen molar-refractivity contribution >= 4 is 44.9 Å². The third kappa shape index (κ3) is 4.24. The number of aromatic nitrogens is 2. The second kappa shape index (κ2) is 8.42. The molecule has 3 aromatic rings. The minimum absolute atomic E-state index is 0.0335. The van der Waals surface area contributed by atoms with Gasteiger partial charge in [-0.25, -0.2) is 12.8 Å². The summed E-state index contributed by atoms with van der Waals surface area (Å²) in [5.41, 5.74) is 0.361. The fourth-order valence-electron chi connectivity index (χ4n) is 3.21. The molecule has 2 aromatic heterocycles. The van der Waals surface area contributed by atoms with Gasteiger partial charge in [0.1, 0.15) is 16.1 Å². The van der Waals surface area contributed by atoms with E-state index in [1.54, 1.807) is 6.07 Å². The van der Waals surface area contributed by atoms with Crippen molar-refractivity contribution in [2.45, 2.75) is 29.5 Å². The zero-order chi connectivity index (χ0) is 21.3. The lowest BCUT2D eigenvalue weighted by molar-refractivity contribution is -0.120. The average Bonchev–Trinajstić information content (AvgIpc) is 3.37. The van der Waals surface area contributed by atoms with E-state index in [1.807, 2.05) is 0 Å². The van der Waals surface area contributed by atoms with Gasteiger partial charge in [-0.15, -0.1) is 16.4 Å². The SMILES string of the molecule is O=C(Nc1nnc(-c2cccc(F)c2)o1)C1CCCCN1S(=O)(=O)c1ccc(Cl)s1. The lowest BCUT2D eigenvalue weighted by Crippen LogP contribution is -2.49. The molecule has 4 rings (SSSR count). The Hall–Kier alpha value is -2.34. The van der Waals surface area contributed by atoms with Gasteiger partial charge in [0.2, 0.25) is 11.8 Å². The van der Waals surface area contributed by atoms with Crippen LogP contribution in [0.15, 0.2) is 45.0 Å². The normalized spacial score (nSPS) is 17.7. The number of carbonyl (C=O) groups excluding carboxylic acids is 1. The highest BCUT2D eigenvalue weighted by Crippen LogP contribution is 2.32. The van der Waals surface area contributed by atoms with Crippen molar-refractivity contribution in [1.82, 2.24) is 14.5 Å². The summed E-state index contributed by atoms with van der Waals surface area (Å²) in [7, 11) is -3.87. The van der Waals surface area contributed by atoms with Crippen LogP contribution in [0.25, 0.3) is 11.5 Å². The molecule has 1 fully saturated rings. The van der Waals surface area contributed by atoms with E-state index in [0.29, 0.717) is 29.2 Å². The monoisotopic (exact) mass is 470 g/mol. The number of amides is 1. The highest BCUT2D eigenvalue weighted by molar-refractivity contribution is 7.91. The largest absolute Gasteiger partial charge is 0.403 e. The molecule has 1 atom stereocenters. The first kappa shape index (κ1) is 20.9. The Balaban J connectivity index is 1.53. The minimum Gasteiger partial charge on any atom is -0.403 e. The number of sulfonamides is 1. The van der Waals surface area contributed by atoms with Gasteiger partial charge in [0.25, 0.3) is 10.0 Å². The Kier molecular flexibility index (Phi) is 5.87. The summed E-state index contributed by atoms with van der Waals surface area (Å²) in [6.45, 7) is 0.217. The smallest absolute Gasteiger partial charge is 0.322 e. The Morgan fingerprint density at radius 1 is 1.27 bits per heavy atom. The number of anilines is 1. The van der Waals surface area contributed by atoms with E-state index in [9.17, 15) is 17.6 Å². The maximum absolute atomic E-state index is 13.4. The van der Waals surface area contributed by atoms with Crippen molar-refractivity contribution in [3.8, 4) is 11.5 Å². The average molecular weight is 471 g/mol. The first-order valence-corrected chi connectivity index (χ1v) is 11.7. The summed E-state index contributed by atoms with van der Waals surface area (Å²) in [5.74, 6) is -1.01. The van der Waals surface area contributed by atoms with Gasteiger partial charge in [-0.1, -0.05) is 29.2 Å². The predicted octanol–water partition coefficient (Wildman–Crippen LogP) is 3.77. The van der Waals surface area contributed by atoms with Gasteiger partial charge in [0.15, 0.2) is 0 Å². The summed E-state index contributed by atoms with van der Waals surface area (Å²) in [4.78, 5) is 12.8. The van der Waals surface area contributed by atoms with Crippen molar-refractivity contribution < 1.29 is 22.0 Å². The second-order valence-corrected chi connectivity index (χ2v) is 10.4. The number of nitrogens with one attached hydrogen (secondary N) is 1. The van der Waals surface area contributed by atoms with Gasteiger partial charge in [0.05, 0.1) is 4.34 Å². The van der Waals surface area contributed by atoms with E-state index in [0.717, 1.165) is 11.3 Å². The number of carbonyl (C=O) groups is 1. The molecule has 3 heterocycles. The van der Waals surface area contributed by atoms with Gasteiger partial charge in [-0.05, 0) is 43.2 Å². The van der Waals surface area contributed by atoms with Crippen LogP contribution < -0.4 is 5.32 Å². The van der Waals surface area contributed by atoms with Crippen LogP contribution in [0.4, 0.5) is 10.4 Å². The highest BCUT2D eigenvalue weighted by Gasteiger charge is 2.38. The molecule has 1 N–H and O–H groups in total. The summed E-state index contributed by atoms with van der Waals surface area (Å²) < 4.78 is 46.4. The van der Waals surface area contributed by atoms with E-state index >= 15 is 0 Å². The highest BCUT2D eigenvalue weighted by atomic mass is 35.5. The zero-order valence-electron chi connectivity index (χ0n) is 15.4. The minimum atomic E-state index is -3.87. The number of hydrogen-bond donors (Lipinski definition) is 1. The van der Waals surface area contributed by atoms with Gasteiger partial charge >= 0.3 is 6.01 Å². The quantitative estimate of drug-likeness (QED) is 0.608. The van der Waals surface area contributed by atoms with Gasteiger partial charge in [0, 0.05) is 12.1 Å². The van der Waals surface area contributed by atoms with E-state index in [1.165, 1.54) is 34.6 Å². The summed E-state index contributed by atoms with van der Waals surface area (Å²) >= 11 is 6.82. The number of halogens is 2. The summed E-state index contributed by atoms with van der Waals surface area (Å²) in [6.07, 6.45) is 1.70. The van der Waals surface area contributed by atoms with Crippen LogP contribution in [-0.2, 0) is 14.8 Å². The summed E-state index contributed by atoms with van der Waals surface area (Å²) in [5, 5.41) is 10.0. The molecule has 1 amide bonds. The summed E-state index contributed by atoms with van der Waals surface area (Å²) in [6, 6.07) is 7.40. The van der Waals surface area contributed by atoms with Crippen LogP contribution in [0.3, 0.4) is 0 Å². The molecule has 1 aromatic carbocycles. The Bertz CT molecular complexity index is 1180. The van der Waals surface area contributed by atoms with E-state index in [-0.39, 0.29) is 22.7 Å². The lowest BCUT2D eigenvalue weighted by atomic mass is 10.0. The molecule has 1 unspecified atom stereocenters. The topological polar surface area (TPSA) is 105 Å². The van der Waals surface area contributed by atoms with Crippen LogP contribution in [0, 0.1) is 5.82 Å². The molecule has 1 aliphatic heterocycles. The van der Waals surface area contributed by atoms with Gasteiger partial charge < -0.3 is 4.42 Å². The molecular formula is C18H16ClFN4O4S2. The van der Waals surface area contributed by atoms with Crippen molar-refractivity contribution in [3.63, 3.8) is 0 Å². The molecule has 1 saturated heterocycles. The van der Waals surface area contributed by atoms with E-state index in [2.05, 4.69) is 15.5 Å². The lowest BCUT2D eigenvalue weighted by Gasteiger charge is -2.32. The molecule has 12 heteroatoms. The maximum atomic E-state index is 13.4. The molecule has 158 valence electrons. The Morgan fingerprint density at radius 2 is 2.10 bits per heavy atom. The van der Waals surface area contributed by atoms with Crippen LogP contribution in [-0.4, -0.2) is 41.4 Å². The van der Waals surface area contributed by atoms with Crippen LogP contribution in [0.5, 0.6) is 0 Å². The Morgan fingerprint density at radius 3 is 2.83 bits per heavy atom. The standard InChI is InChI=1S/C18H16ClFN4O4S2/c19-14-7-8-15(29-14)30(26,27)24-9-2-1-6-13(24)16(25)21-18-23-22-17(28-18)11-4-3-5-12(20)10-11/h3-5,7-8,10,13H,1-2,6,9H2,(H,21,23,25). The maximum Gasteiger partial charge on any atom is 0.322 e. The first-order chi connectivity index (χ1) is 14.3. The Labute approximate surface area is 180 Å². The molecule has 0 aliphatic carbocycles. The molecule has 8 nitrogen and oxygen atoms in total. The third-order valence-electron chi connectivity index (χ3n) is 4.59. The van der Waals surface area contributed by atoms with Crippen LogP contribution >= 0.6 is 22.9 Å². The number of rotatable bonds is 5. The van der Waals surface area contributed by atoms with Gasteiger partial charge in [-0.3, -0.25) is 10.1 Å². The van der Waals surface area contributed by atoms with Gasteiger partial charge in [-0.2, -0.15) is 4.31 Å². The fraction of sp³-hybridized carbons (Fsp3) is 0.278. The third-order valence-corrected chi connectivity index (χ3v) is 8.20. The van der Waals surface area contributed by atoms with Crippen LogP contribution in [0.2, 0.25) is 4.34 Å². The molecular weight excluding hydrogens is 455 g/mol. The molecule has 1 aliphatic rings. The predicted molar refractivity (Wildman–Crippen MR) is 109 cm³/mol. The van der Waals surface area contributed by atoms with Crippen molar-refractivity contribution in [2.24, 2.45) is 0 Å². The number of nitrogens with zero attached hydrogens (tertiary/aromatic N) is 3. The van der Waals surface area contributed by atoms with Crippen molar-refractivity contribution in [2.75, 3.05) is 11.9 Å². The fourth-order valence-corrected chi connectivity index (χ4v) is 6.48. The number of thiophene rings is 1. The molecule has 0 spiro atoms. The second-order valence-electron chi connectivity index (χ2n) is 6.60. The molecule has 30 heavy (non-hydrogen) atoms. The molecule has 0 bridgehead atoms. The van der Waals surface area contributed by atoms with Crippen molar-refractivity contribution in [1.29, 1.82) is 0 Å². The van der Waals surface area contributed by atoms with Crippen molar-refractivity contribution in [3.05, 3.63) is 46.6 Å². The number of hydrogen-bond acceptors (Lipinski definition) is 7. The van der Waals surface area contributed by atoms with E-state index < -0.39 is 27.8 Å². The van der Waals surface area contributed by atoms with E-state index in [4.69, 9.17) is 16.0 Å². The number of piperidine rings is 1. The first-order valence-electron chi connectivity index (χ1n) is 9.02. The molecule has 0 saturated carbocycles. The molecule has 0 radical (unpaired) electrons. The number of benzene rings is 1. The zero-order valence-corrected chi connectivity index (χ0v) is 17.8.